The Morgan fingerprint density at radius 1 is 1.45 bits per heavy atom. The molecule has 3 N–H and O–H groups in total. The Kier molecular flexibility index (Phi) is 3.07. The van der Waals surface area contributed by atoms with Crippen molar-refractivity contribution in [1.82, 2.24) is 15.5 Å². The Bertz CT molecular complexity index is 461. The third-order valence-electron chi connectivity index (χ3n) is 4.75. The van der Waals surface area contributed by atoms with Gasteiger partial charge in [0.1, 0.15) is 0 Å². The van der Waals surface area contributed by atoms with Gasteiger partial charge in [0.2, 0.25) is 5.91 Å². The van der Waals surface area contributed by atoms with Crippen LogP contribution in [0.4, 0.5) is 4.79 Å². The third kappa shape index (κ3) is 2.10. The van der Waals surface area contributed by atoms with Crippen molar-refractivity contribution in [2.24, 2.45) is 11.3 Å². The van der Waals surface area contributed by atoms with E-state index in [9.17, 15) is 14.4 Å². The molecule has 110 valence electrons. The molecular weight excluding hydrogens is 262 g/mol. The van der Waals surface area contributed by atoms with Crippen LogP contribution in [0.1, 0.15) is 25.7 Å². The molecule has 1 saturated carbocycles. The largest absolute Gasteiger partial charge is 0.481 e. The fraction of sp³-hybridized carbons (Fsp3) is 0.769. The zero-order valence-corrected chi connectivity index (χ0v) is 11.2. The molecule has 0 aromatic heterocycles. The highest BCUT2D eigenvalue weighted by Gasteiger charge is 2.51. The van der Waals surface area contributed by atoms with Crippen LogP contribution in [0.25, 0.3) is 0 Å². The zero-order valence-electron chi connectivity index (χ0n) is 11.2. The summed E-state index contributed by atoms with van der Waals surface area (Å²) < 4.78 is 0. The number of piperidine rings is 1. The minimum Gasteiger partial charge on any atom is -0.481 e. The second kappa shape index (κ2) is 4.64. The molecule has 0 spiro atoms. The minimum atomic E-state index is -0.841. The molecule has 2 aliphatic heterocycles. The summed E-state index contributed by atoms with van der Waals surface area (Å²) in [6.07, 6.45) is 2.87. The van der Waals surface area contributed by atoms with E-state index >= 15 is 0 Å². The topological polar surface area (TPSA) is 98.7 Å². The van der Waals surface area contributed by atoms with Gasteiger partial charge in [-0.15, -0.1) is 0 Å². The second-order valence-electron chi connectivity index (χ2n) is 6.00. The average Bonchev–Trinajstić information content (AvgIpc) is 3.15. The quantitative estimate of drug-likeness (QED) is 0.665. The molecule has 2 atom stereocenters. The molecule has 7 nitrogen and oxygen atoms in total. The smallest absolute Gasteiger partial charge is 0.317 e. The standard InChI is InChI=1S/C13H19N3O4/c17-10-8-2-1-5-16(9(8)6-14-10)12(20)15-7-13(3-4-13)11(18)19/h8-9H,1-7H2,(H,14,17)(H,15,20)(H,18,19). The molecule has 7 heteroatoms. The number of carbonyl (C=O) groups is 3. The van der Waals surface area contributed by atoms with Gasteiger partial charge in [-0.25, -0.2) is 4.79 Å². The predicted octanol–water partition coefficient (Wildman–Crippen LogP) is -0.229. The molecule has 0 aromatic rings. The summed E-state index contributed by atoms with van der Waals surface area (Å²) >= 11 is 0. The van der Waals surface area contributed by atoms with Gasteiger partial charge in [-0.1, -0.05) is 0 Å². The predicted molar refractivity (Wildman–Crippen MR) is 68.9 cm³/mol. The second-order valence-corrected chi connectivity index (χ2v) is 6.00. The number of carboxylic acids is 1. The van der Waals surface area contributed by atoms with Crippen LogP contribution < -0.4 is 10.6 Å². The molecular formula is C13H19N3O4. The lowest BCUT2D eigenvalue weighted by molar-refractivity contribution is -0.143. The van der Waals surface area contributed by atoms with Crippen LogP contribution in [0.3, 0.4) is 0 Å². The van der Waals surface area contributed by atoms with E-state index in [1.54, 1.807) is 4.90 Å². The van der Waals surface area contributed by atoms with E-state index < -0.39 is 11.4 Å². The Morgan fingerprint density at radius 3 is 2.85 bits per heavy atom. The molecule has 3 rings (SSSR count). The highest BCUT2D eigenvalue weighted by molar-refractivity contribution is 5.84. The van der Waals surface area contributed by atoms with Gasteiger partial charge < -0.3 is 20.6 Å². The molecule has 1 aliphatic carbocycles. The van der Waals surface area contributed by atoms with Crippen LogP contribution >= 0.6 is 0 Å². The van der Waals surface area contributed by atoms with Gasteiger partial charge >= 0.3 is 12.0 Å². The van der Waals surface area contributed by atoms with E-state index in [-0.39, 0.29) is 30.4 Å². The van der Waals surface area contributed by atoms with Crippen molar-refractivity contribution in [3.63, 3.8) is 0 Å². The van der Waals surface area contributed by atoms with E-state index in [1.807, 2.05) is 0 Å². The van der Waals surface area contributed by atoms with E-state index in [1.165, 1.54) is 0 Å². The van der Waals surface area contributed by atoms with Gasteiger partial charge in [-0.05, 0) is 25.7 Å². The molecule has 3 amide bonds. The van der Waals surface area contributed by atoms with E-state index in [0.29, 0.717) is 25.9 Å². The van der Waals surface area contributed by atoms with E-state index in [4.69, 9.17) is 5.11 Å². The number of amides is 3. The number of hydrogen-bond acceptors (Lipinski definition) is 3. The molecule has 2 unspecified atom stereocenters. The van der Waals surface area contributed by atoms with E-state index in [0.717, 1.165) is 12.8 Å². The zero-order chi connectivity index (χ0) is 14.3. The lowest BCUT2D eigenvalue weighted by atomic mass is 9.92. The first-order chi connectivity index (χ1) is 9.53. The number of carbonyl (C=O) groups excluding carboxylic acids is 2. The number of nitrogens with one attached hydrogen (secondary N) is 2. The minimum absolute atomic E-state index is 0.0247. The summed E-state index contributed by atoms with van der Waals surface area (Å²) in [6.45, 7) is 1.31. The fourth-order valence-electron chi connectivity index (χ4n) is 3.17. The summed E-state index contributed by atoms with van der Waals surface area (Å²) in [4.78, 5) is 36.6. The van der Waals surface area contributed by atoms with Crippen LogP contribution in [-0.4, -0.2) is 53.6 Å². The van der Waals surface area contributed by atoms with Crippen molar-refractivity contribution >= 4 is 17.9 Å². The van der Waals surface area contributed by atoms with Gasteiger partial charge in [0.15, 0.2) is 0 Å². The number of fused-ring (bicyclic) bond motifs is 1. The average molecular weight is 281 g/mol. The van der Waals surface area contributed by atoms with Crippen molar-refractivity contribution in [3.05, 3.63) is 0 Å². The maximum atomic E-state index is 12.2. The van der Waals surface area contributed by atoms with Gasteiger partial charge in [0, 0.05) is 19.6 Å². The number of nitrogens with zero attached hydrogens (tertiary/aromatic N) is 1. The van der Waals surface area contributed by atoms with Crippen molar-refractivity contribution < 1.29 is 19.5 Å². The summed E-state index contributed by atoms with van der Waals surface area (Å²) in [5.41, 5.74) is -0.755. The Hall–Kier alpha value is -1.79. The van der Waals surface area contributed by atoms with Gasteiger partial charge in [0.25, 0.3) is 0 Å². The number of rotatable bonds is 3. The first-order valence-corrected chi connectivity index (χ1v) is 7.09. The van der Waals surface area contributed by atoms with Gasteiger partial charge in [-0.3, -0.25) is 9.59 Å². The van der Waals surface area contributed by atoms with Gasteiger partial charge in [-0.2, -0.15) is 0 Å². The number of likely N-dealkylation sites (tertiary alicyclic amines) is 1. The molecule has 3 aliphatic rings. The molecule has 2 heterocycles. The van der Waals surface area contributed by atoms with Crippen LogP contribution in [0.15, 0.2) is 0 Å². The van der Waals surface area contributed by atoms with Crippen LogP contribution in [0.2, 0.25) is 0 Å². The number of carboxylic acid groups (broad SMARTS) is 1. The molecule has 0 bridgehead atoms. The van der Waals surface area contributed by atoms with E-state index in [2.05, 4.69) is 10.6 Å². The summed E-state index contributed by atoms with van der Waals surface area (Å²) in [6, 6.07) is -0.333. The maximum Gasteiger partial charge on any atom is 0.317 e. The van der Waals surface area contributed by atoms with Crippen molar-refractivity contribution in [1.29, 1.82) is 0 Å². The van der Waals surface area contributed by atoms with Crippen LogP contribution in [0.5, 0.6) is 0 Å². The van der Waals surface area contributed by atoms with Crippen molar-refractivity contribution in [2.75, 3.05) is 19.6 Å². The highest BCUT2D eigenvalue weighted by atomic mass is 16.4. The van der Waals surface area contributed by atoms with Gasteiger partial charge in [0.05, 0.1) is 17.4 Å². The molecule has 0 radical (unpaired) electrons. The Morgan fingerprint density at radius 2 is 2.20 bits per heavy atom. The monoisotopic (exact) mass is 281 g/mol. The van der Waals surface area contributed by atoms with Crippen molar-refractivity contribution in [2.45, 2.75) is 31.7 Å². The fourth-order valence-corrected chi connectivity index (χ4v) is 3.17. The van der Waals surface area contributed by atoms with Crippen LogP contribution in [0, 0.1) is 11.3 Å². The first kappa shape index (κ1) is 13.2. The summed E-state index contributed by atoms with van der Waals surface area (Å²) in [7, 11) is 0. The molecule has 20 heavy (non-hydrogen) atoms. The number of aliphatic carboxylic acids is 1. The molecule has 3 fully saturated rings. The summed E-state index contributed by atoms with van der Waals surface area (Å²) in [5.74, 6) is -0.924. The third-order valence-corrected chi connectivity index (χ3v) is 4.75. The number of urea groups is 1. The first-order valence-electron chi connectivity index (χ1n) is 7.09. The Balaban J connectivity index is 1.60. The summed E-state index contributed by atoms with van der Waals surface area (Å²) in [5, 5.41) is 14.6. The maximum absolute atomic E-state index is 12.2. The normalized spacial score (nSPS) is 30.4. The Labute approximate surface area is 116 Å². The SMILES string of the molecule is O=C1NCC2C1CCCN2C(=O)NCC1(C(=O)O)CC1. The highest BCUT2D eigenvalue weighted by Crippen LogP contribution is 2.45. The van der Waals surface area contributed by atoms with Crippen LogP contribution in [-0.2, 0) is 9.59 Å². The van der Waals surface area contributed by atoms with Crippen molar-refractivity contribution in [3.8, 4) is 0 Å². The molecule has 0 aromatic carbocycles. The lowest BCUT2D eigenvalue weighted by Gasteiger charge is -2.36. The number of hydrogen-bond donors (Lipinski definition) is 3. The lowest BCUT2D eigenvalue weighted by Crippen LogP contribution is -2.53. The molecule has 2 saturated heterocycles.